The van der Waals surface area contributed by atoms with Crippen LogP contribution in [0.15, 0.2) is 18.2 Å². The molecule has 1 aromatic carbocycles. The topological polar surface area (TPSA) is 62.1 Å². The minimum absolute atomic E-state index is 0.0165. The van der Waals surface area contributed by atoms with Crippen molar-refractivity contribution in [2.75, 3.05) is 11.9 Å². The minimum Gasteiger partial charge on any atom is -0.440 e. The smallest absolute Gasteiger partial charge is 0.422 e. The van der Waals surface area contributed by atoms with Crippen LogP contribution in [0, 0.1) is 11.3 Å². The number of ether oxygens (including phenoxy) is 1. The fraction of sp³-hybridized carbons (Fsp3) is 0.200. The number of carbonyl (C=O) groups is 1. The van der Waals surface area contributed by atoms with Gasteiger partial charge in [-0.25, -0.2) is 4.79 Å². The lowest BCUT2D eigenvalue weighted by Crippen LogP contribution is -2.23. The normalized spacial score (nSPS) is 10.6. The Kier molecular flexibility index (Phi) is 4.39. The molecule has 1 amide bonds. The standard InChI is InChI=1S/C10H6ClF3N2O2/c11-7-2-1-6(4-15)8(3-7)16-9(17)18-5-10(12,13)14/h1-3H,5H2,(H,16,17). The number of halogens is 4. The van der Waals surface area contributed by atoms with Gasteiger partial charge in [-0.1, -0.05) is 11.6 Å². The van der Waals surface area contributed by atoms with Crippen molar-refractivity contribution in [3.05, 3.63) is 28.8 Å². The molecule has 8 heteroatoms. The molecule has 4 nitrogen and oxygen atoms in total. The van der Waals surface area contributed by atoms with Gasteiger partial charge in [0.1, 0.15) is 6.07 Å². The van der Waals surface area contributed by atoms with E-state index in [1.54, 1.807) is 6.07 Å². The number of hydrogen-bond donors (Lipinski definition) is 1. The number of nitriles is 1. The summed E-state index contributed by atoms with van der Waals surface area (Å²) < 4.78 is 39.3. The van der Waals surface area contributed by atoms with Crippen LogP contribution in [0.25, 0.3) is 0 Å². The maximum atomic E-state index is 11.8. The summed E-state index contributed by atoms with van der Waals surface area (Å²) in [5.41, 5.74) is 0.0422. The quantitative estimate of drug-likeness (QED) is 0.902. The average molecular weight is 279 g/mol. The van der Waals surface area contributed by atoms with Crippen LogP contribution in [0.4, 0.5) is 23.7 Å². The van der Waals surface area contributed by atoms with Crippen molar-refractivity contribution in [2.24, 2.45) is 0 Å². The third-order valence-electron chi connectivity index (χ3n) is 1.71. The highest BCUT2D eigenvalue weighted by Crippen LogP contribution is 2.21. The van der Waals surface area contributed by atoms with Gasteiger partial charge in [-0.15, -0.1) is 0 Å². The summed E-state index contributed by atoms with van der Waals surface area (Å²) in [5.74, 6) is 0. The Bertz CT molecular complexity index is 497. The molecule has 0 spiro atoms. The highest BCUT2D eigenvalue weighted by atomic mass is 35.5. The first-order chi connectivity index (χ1) is 8.31. The Hall–Kier alpha value is -1.94. The number of nitrogens with zero attached hydrogens (tertiary/aromatic N) is 1. The Balaban J connectivity index is 2.70. The monoisotopic (exact) mass is 278 g/mol. The molecule has 0 saturated heterocycles. The predicted octanol–water partition coefficient (Wildman–Crippen LogP) is 3.32. The molecule has 0 fully saturated rings. The van der Waals surface area contributed by atoms with E-state index in [4.69, 9.17) is 16.9 Å². The van der Waals surface area contributed by atoms with Crippen LogP contribution in [0.3, 0.4) is 0 Å². The zero-order valence-corrected chi connectivity index (χ0v) is 9.47. The number of alkyl halides is 3. The SMILES string of the molecule is N#Cc1ccc(Cl)cc1NC(=O)OCC(F)(F)F. The van der Waals surface area contributed by atoms with E-state index in [0.29, 0.717) is 0 Å². The summed E-state index contributed by atoms with van der Waals surface area (Å²) in [7, 11) is 0. The van der Waals surface area contributed by atoms with Gasteiger partial charge in [-0.3, -0.25) is 5.32 Å². The molecule has 0 unspecified atom stereocenters. The van der Waals surface area contributed by atoms with E-state index in [9.17, 15) is 18.0 Å². The number of rotatable bonds is 2. The Morgan fingerprint density at radius 3 is 2.72 bits per heavy atom. The van der Waals surface area contributed by atoms with Crippen molar-refractivity contribution in [3.8, 4) is 6.07 Å². The molecule has 0 bridgehead atoms. The summed E-state index contributed by atoms with van der Waals surface area (Å²) in [4.78, 5) is 11.1. The van der Waals surface area contributed by atoms with E-state index in [1.165, 1.54) is 18.2 Å². The van der Waals surface area contributed by atoms with Crippen LogP contribution in [0.1, 0.15) is 5.56 Å². The highest BCUT2D eigenvalue weighted by molar-refractivity contribution is 6.31. The molecule has 0 aromatic heterocycles. The third kappa shape index (κ3) is 4.51. The first-order valence-electron chi connectivity index (χ1n) is 4.52. The van der Waals surface area contributed by atoms with E-state index in [-0.39, 0.29) is 16.3 Å². The summed E-state index contributed by atoms with van der Waals surface area (Å²) in [6.45, 7) is -1.71. The summed E-state index contributed by atoms with van der Waals surface area (Å²) in [6.07, 6.45) is -5.92. The molecule has 1 rings (SSSR count). The van der Waals surface area contributed by atoms with E-state index >= 15 is 0 Å². The lowest BCUT2D eigenvalue weighted by atomic mass is 10.2. The maximum absolute atomic E-state index is 11.8. The van der Waals surface area contributed by atoms with Gasteiger partial charge in [0, 0.05) is 5.02 Å². The Morgan fingerprint density at radius 2 is 2.17 bits per heavy atom. The number of hydrogen-bond acceptors (Lipinski definition) is 3. The lowest BCUT2D eigenvalue weighted by Gasteiger charge is -2.10. The summed E-state index contributed by atoms with van der Waals surface area (Å²) in [5, 5.41) is 10.9. The molecular weight excluding hydrogens is 273 g/mol. The van der Waals surface area contributed by atoms with Crippen molar-refractivity contribution in [2.45, 2.75) is 6.18 Å². The molecule has 1 aromatic rings. The van der Waals surface area contributed by atoms with Crippen LogP contribution in [0.5, 0.6) is 0 Å². The average Bonchev–Trinajstić information content (AvgIpc) is 2.26. The largest absolute Gasteiger partial charge is 0.440 e. The second-order valence-electron chi connectivity index (χ2n) is 3.12. The number of benzene rings is 1. The van der Waals surface area contributed by atoms with Crippen LogP contribution in [0.2, 0.25) is 5.02 Å². The zero-order valence-electron chi connectivity index (χ0n) is 8.71. The van der Waals surface area contributed by atoms with Gasteiger partial charge < -0.3 is 4.74 Å². The second kappa shape index (κ2) is 5.60. The Morgan fingerprint density at radius 1 is 1.50 bits per heavy atom. The van der Waals surface area contributed by atoms with Gasteiger partial charge in [0.05, 0.1) is 11.3 Å². The Labute approximate surface area is 105 Å². The maximum Gasteiger partial charge on any atom is 0.422 e. The molecule has 96 valence electrons. The van der Waals surface area contributed by atoms with Gasteiger partial charge in [-0.05, 0) is 18.2 Å². The summed E-state index contributed by atoms with van der Waals surface area (Å²) in [6, 6.07) is 5.71. The third-order valence-corrected chi connectivity index (χ3v) is 1.94. The molecule has 0 saturated carbocycles. The lowest BCUT2D eigenvalue weighted by molar-refractivity contribution is -0.159. The van der Waals surface area contributed by atoms with Crippen LogP contribution in [-0.4, -0.2) is 18.9 Å². The number of anilines is 1. The van der Waals surface area contributed by atoms with Gasteiger partial charge in [0.25, 0.3) is 0 Å². The molecular formula is C10H6ClF3N2O2. The first-order valence-corrected chi connectivity index (χ1v) is 4.90. The summed E-state index contributed by atoms with van der Waals surface area (Å²) >= 11 is 5.63. The number of carbonyl (C=O) groups excluding carboxylic acids is 1. The van der Waals surface area contributed by atoms with Crippen molar-refractivity contribution in [1.82, 2.24) is 0 Å². The van der Waals surface area contributed by atoms with Crippen LogP contribution >= 0.6 is 11.6 Å². The molecule has 0 aliphatic rings. The predicted molar refractivity (Wildman–Crippen MR) is 57.2 cm³/mol. The highest BCUT2D eigenvalue weighted by Gasteiger charge is 2.29. The van der Waals surface area contributed by atoms with E-state index < -0.39 is 18.9 Å². The zero-order chi connectivity index (χ0) is 13.8. The fourth-order valence-electron chi connectivity index (χ4n) is 1.01. The molecule has 0 radical (unpaired) electrons. The van der Waals surface area contributed by atoms with Crippen LogP contribution < -0.4 is 5.32 Å². The number of amides is 1. The van der Waals surface area contributed by atoms with E-state index in [2.05, 4.69) is 4.74 Å². The number of nitrogens with one attached hydrogen (secondary N) is 1. The van der Waals surface area contributed by atoms with E-state index in [0.717, 1.165) is 0 Å². The molecule has 0 aliphatic heterocycles. The van der Waals surface area contributed by atoms with Crippen molar-refractivity contribution in [1.29, 1.82) is 5.26 Å². The van der Waals surface area contributed by atoms with Crippen LogP contribution in [-0.2, 0) is 4.74 Å². The molecule has 0 aliphatic carbocycles. The molecule has 0 heterocycles. The fourth-order valence-corrected chi connectivity index (χ4v) is 1.18. The van der Waals surface area contributed by atoms with E-state index in [1.807, 2.05) is 5.32 Å². The van der Waals surface area contributed by atoms with Gasteiger partial charge >= 0.3 is 12.3 Å². The van der Waals surface area contributed by atoms with Crippen molar-refractivity contribution >= 4 is 23.4 Å². The molecule has 18 heavy (non-hydrogen) atoms. The van der Waals surface area contributed by atoms with Gasteiger partial charge in [-0.2, -0.15) is 18.4 Å². The molecule has 1 N–H and O–H groups in total. The minimum atomic E-state index is -4.61. The van der Waals surface area contributed by atoms with Crippen molar-refractivity contribution in [3.63, 3.8) is 0 Å². The first kappa shape index (κ1) is 14.1. The van der Waals surface area contributed by atoms with Gasteiger partial charge in [0.15, 0.2) is 6.61 Å². The van der Waals surface area contributed by atoms with Gasteiger partial charge in [0.2, 0.25) is 0 Å². The molecule has 0 atom stereocenters. The van der Waals surface area contributed by atoms with Crippen molar-refractivity contribution < 1.29 is 22.7 Å². The second-order valence-corrected chi connectivity index (χ2v) is 3.55.